The molecule has 190 valence electrons. The van der Waals surface area contributed by atoms with Crippen molar-refractivity contribution in [3.8, 4) is 5.75 Å². The van der Waals surface area contributed by atoms with Crippen LogP contribution in [0.4, 0.5) is 21.9 Å². The van der Waals surface area contributed by atoms with E-state index in [1.807, 2.05) is 29.2 Å². The molecule has 1 aromatic heterocycles. The summed E-state index contributed by atoms with van der Waals surface area (Å²) in [6.45, 7) is 5.01. The van der Waals surface area contributed by atoms with Crippen molar-refractivity contribution in [2.75, 3.05) is 42.3 Å². The van der Waals surface area contributed by atoms with E-state index in [1.165, 1.54) is 0 Å². The lowest BCUT2D eigenvalue weighted by molar-refractivity contribution is 0.0793. The van der Waals surface area contributed by atoms with Crippen molar-refractivity contribution in [1.82, 2.24) is 4.90 Å². The van der Waals surface area contributed by atoms with Crippen molar-refractivity contribution in [2.45, 2.75) is 39.2 Å². The van der Waals surface area contributed by atoms with E-state index in [2.05, 4.69) is 22.5 Å². The molecule has 36 heavy (non-hydrogen) atoms. The molecule has 1 fully saturated rings. The van der Waals surface area contributed by atoms with Crippen LogP contribution in [0.15, 0.2) is 65.3 Å². The summed E-state index contributed by atoms with van der Waals surface area (Å²) in [4.78, 5) is 30.3. The molecule has 2 heterocycles. The van der Waals surface area contributed by atoms with Gasteiger partial charge in [-0.15, -0.1) is 0 Å². The Labute approximate surface area is 212 Å². The van der Waals surface area contributed by atoms with Crippen LogP contribution in [0, 0.1) is 0 Å². The summed E-state index contributed by atoms with van der Waals surface area (Å²) < 4.78 is 10.8. The van der Waals surface area contributed by atoms with Crippen LogP contribution in [-0.4, -0.2) is 43.6 Å². The van der Waals surface area contributed by atoms with Crippen molar-refractivity contribution in [3.05, 3.63) is 72.2 Å². The highest BCUT2D eigenvalue weighted by molar-refractivity contribution is 6.04. The zero-order valence-electron chi connectivity index (χ0n) is 21.0. The summed E-state index contributed by atoms with van der Waals surface area (Å²) >= 11 is 0. The third-order valence-corrected chi connectivity index (χ3v) is 6.28. The molecular formula is C28H34N4O4. The highest BCUT2D eigenvalue weighted by atomic mass is 16.5. The highest BCUT2D eigenvalue weighted by Gasteiger charge is 2.25. The molecule has 0 spiro atoms. The number of amides is 3. The normalized spacial score (nSPS) is 12.9. The Bertz CT molecular complexity index is 1140. The van der Waals surface area contributed by atoms with Gasteiger partial charge in [-0.25, -0.2) is 4.79 Å². The third kappa shape index (κ3) is 6.38. The van der Waals surface area contributed by atoms with Gasteiger partial charge in [0.1, 0.15) is 11.5 Å². The number of rotatable bonds is 10. The third-order valence-electron chi connectivity index (χ3n) is 6.28. The van der Waals surface area contributed by atoms with E-state index >= 15 is 0 Å². The maximum absolute atomic E-state index is 13.6. The number of methoxy groups -OCH3 is 1. The molecule has 1 saturated heterocycles. The number of hydrogen-bond donors (Lipinski definition) is 2. The molecule has 0 atom stereocenters. The van der Waals surface area contributed by atoms with Gasteiger partial charge in [-0.05, 0) is 73.9 Å². The second kappa shape index (κ2) is 12.2. The van der Waals surface area contributed by atoms with Gasteiger partial charge >= 0.3 is 6.03 Å². The standard InChI is InChI=1S/C28H34N4O4/c1-3-4-15-32(20-24-8-7-18-36-24)26-14-11-22(19-25(26)27(33)31-16-5-6-17-31)30-28(34)29-21-9-12-23(35-2)13-10-21/h7-14,18-19H,3-6,15-17,20H2,1-2H3,(H2,29,30,34). The van der Waals surface area contributed by atoms with Crippen LogP contribution < -0.4 is 20.3 Å². The molecule has 0 bridgehead atoms. The lowest BCUT2D eigenvalue weighted by Crippen LogP contribution is -2.31. The van der Waals surface area contributed by atoms with Crippen LogP contribution in [0.2, 0.25) is 0 Å². The fourth-order valence-corrected chi connectivity index (χ4v) is 4.34. The van der Waals surface area contributed by atoms with Gasteiger partial charge in [0.15, 0.2) is 0 Å². The van der Waals surface area contributed by atoms with Crippen molar-refractivity contribution < 1.29 is 18.7 Å². The summed E-state index contributed by atoms with van der Waals surface area (Å²) in [5.74, 6) is 1.54. The minimum atomic E-state index is -0.383. The van der Waals surface area contributed by atoms with Gasteiger partial charge < -0.3 is 29.6 Å². The van der Waals surface area contributed by atoms with Gasteiger partial charge in [0, 0.05) is 31.0 Å². The number of anilines is 3. The second-order valence-electron chi connectivity index (χ2n) is 8.89. The number of urea groups is 1. The zero-order chi connectivity index (χ0) is 25.3. The first-order valence-corrected chi connectivity index (χ1v) is 12.5. The summed E-state index contributed by atoms with van der Waals surface area (Å²) in [6.07, 6.45) is 5.71. The minimum Gasteiger partial charge on any atom is -0.497 e. The predicted molar refractivity (Wildman–Crippen MR) is 142 cm³/mol. The molecule has 4 rings (SSSR count). The summed E-state index contributed by atoms with van der Waals surface area (Å²) in [5, 5.41) is 5.69. The van der Waals surface area contributed by atoms with E-state index in [0.29, 0.717) is 29.2 Å². The molecular weight excluding hydrogens is 456 g/mol. The van der Waals surface area contributed by atoms with E-state index in [0.717, 1.165) is 56.8 Å². The van der Waals surface area contributed by atoms with Gasteiger partial charge in [0.2, 0.25) is 0 Å². The maximum atomic E-state index is 13.6. The van der Waals surface area contributed by atoms with E-state index < -0.39 is 0 Å². The van der Waals surface area contributed by atoms with Crippen LogP contribution >= 0.6 is 0 Å². The Hall–Kier alpha value is -3.94. The molecule has 8 nitrogen and oxygen atoms in total. The highest BCUT2D eigenvalue weighted by Crippen LogP contribution is 2.29. The first-order valence-electron chi connectivity index (χ1n) is 12.5. The number of nitrogens with zero attached hydrogens (tertiary/aromatic N) is 2. The number of unbranched alkanes of at least 4 members (excludes halogenated alkanes) is 1. The quantitative estimate of drug-likeness (QED) is 0.365. The lowest BCUT2D eigenvalue weighted by atomic mass is 10.1. The van der Waals surface area contributed by atoms with Crippen LogP contribution in [-0.2, 0) is 6.54 Å². The fraction of sp³-hybridized carbons (Fsp3) is 0.357. The van der Waals surface area contributed by atoms with E-state index in [-0.39, 0.29) is 11.9 Å². The first-order chi connectivity index (χ1) is 17.6. The Kier molecular flexibility index (Phi) is 8.49. The largest absolute Gasteiger partial charge is 0.497 e. The molecule has 0 saturated carbocycles. The fourth-order valence-electron chi connectivity index (χ4n) is 4.34. The zero-order valence-corrected chi connectivity index (χ0v) is 21.0. The molecule has 2 N–H and O–H groups in total. The van der Waals surface area contributed by atoms with Crippen molar-refractivity contribution in [2.24, 2.45) is 0 Å². The van der Waals surface area contributed by atoms with Gasteiger partial charge in [-0.2, -0.15) is 0 Å². The molecule has 0 aliphatic carbocycles. The summed E-state index contributed by atoms with van der Waals surface area (Å²) in [6, 6.07) is 16.1. The molecule has 8 heteroatoms. The number of nitrogens with one attached hydrogen (secondary N) is 2. The average Bonchev–Trinajstić information content (AvgIpc) is 3.61. The van der Waals surface area contributed by atoms with Gasteiger partial charge in [0.25, 0.3) is 5.91 Å². The monoisotopic (exact) mass is 490 g/mol. The van der Waals surface area contributed by atoms with Gasteiger partial charge in [-0.3, -0.25) is 4.79 Å². The molecule has 3 aromatic rings. The molecule has 1 aliphatic rings. The van der Waals surface area contributed by atoms with Gasteiger partial charge in [0.05, 0.1) is 31.2 Å². The number of ether oxygens (including phenoxy) is 1. The van der Waals surface area contributed by atoms with Crippen LogP contribution in [0.25, 0.3) is 0 Å². The maximum Gasteiger partial charge on any atom is 0.323 e. The number of likely N-dealkylation sites (tertiary alicyclic amines) is 1. The first kappa shape index (κ1) is 25.2. The van der Waals surface area contributed by atoms with Gasteiger partial charge in [-0.1, -0.05) is 13.3 Å². The van der Waals surface area contributed by atoms with E-state index in [4.69, 9.17) is 9.15 Å². The number of furan rings is 1. The van der Waals surface area contributed by atoms with E-state index in [9.17, 15) is 9.59 Å². The van der Waals surface area contributed by atoms with Crippen LogP contribution in [0.1, 0.15) is 48.7 Å². The van der Waals surface area contributed by atoms with E-state index in [1.54, 1.807) is 43.7 Å². The van der Waals surface area contributed by atoms with Crippen molar-refractivity contribution in [1.29, 1.82) is 0 Å². The predicted octanol–water partition coefficient (Wildman–Crippen LogP) is 5.97. The minimum absolute atomic E-state index is 0.0114. The smallest absolute Gasteiger partial charge is 0.323 e. The Morgan fingerprint density at radius 2 is 1.75 bits per heavy atom. The van der Waals surface area contributed by atoms with Crippen molar-refractivity contribution >= 4 is 29.0 Å². The Morgan fingerprint density at radius 1 is 1.03 bits per heavy atom. The average molecular weight is 491 g/mol. The Morgan fingerprint density at radius 3 is 2.42 bits per heavy atom. The lowest BCUT2D eigenvalue weighted by Gasteiger charge is -2.28. The second-order valence-corrected chi connectivity index (χ2v) is 8.89. The van der Waals surface area contributed by atoms with Crippen LogP contribution in [0.5, 0.6) is 5.75 Å². The molecule has 1 aliphatic heterocycles. The molecule has 0 unspecified atom stereocenters. The summed E-state index contributed by atoms with van der Waals surface area (Å²) in [5.41, 5.74) is 2.63. The van der Waals surface area contributed by atoms with Crippen molar-refractivity contribution in [3.63, 3.8) is 0 Å². The summed E-state index contributed by atoms with van der Waals surface area (Å²) in [7, 11) is 1.60. The SMILES string of the molecule is CCCCN(Cc1ccco1)c1ccc(NC(=O)Nc2ccc(OC)cc2)cc1C(=O)N1CCCC1. The van der Waals surface area contributed by atoms with Crippen LogP contribution in [0.3, 0.4) is 0 Å². The number of carbonyl (C=O) groups excluding carboxylic acids is 2. The molecule has 3 amide bonds. The number of carbonyl (C=O) groups is 2. The molecule has 2 aromatic carbocycles. The number of hydrogen-bond acceptors (Lipinski definition) is 5. The Balaban J connectivity index is 1.58. The molecule has 0 radical (unpaired) electrons. The topological polar surface area (TPSA) is 87.0 Å². The number of benzene rings is 2.